The number of methoxy groups -OCH3 is 1. The summed E-state index contributed by atoms with van der Waals surface area (Å²) in [4.78, 5) is 17.2. The Bertz CT molecular complexity index is 701. The van der Waals surface area contributed by atoms with Crippen LogP contribution in [0.4, 0.5) is 0 Å². The van der Waals surface area contributed by atoms with E-state index in [4.69, 9.17) is 27.9 Å². The molecule has 0 saturated heterocycles. The third kappa shape index (κ3) is 2.76. The Morgan fingerprint density at radius 3 is 2.64 bits per heavy atom. The van der Waals surface area contributed by atoms with Crippen LogP contribution >= 0.6 is 23.2 Å². The summed E-state index contributed by atoms with van der Waals surface area (Å²) < 4.78 is 5.28. The number of hydrogen-bond donors (Lipinski definition) is 0. The van der Waals surface area contributed by atoms with Gasteiger partial charge in [0.15, 0.2) is 0 Å². The van der Waals surface area contributed by atoms with Crippen molar-refractivity contribution < 1.29 is 9.53 Å². The number of rotatable bonds is 3. The summed E-state index contributed by atoms with van der Waals surface area (Å²) in [6.07, 6.45) is 1.65. The highest BCUT2D eigenvalue weighted by Crippen LogP contribution is 2.37. The maximum Gasteiger partial charge on any atom is 0.210 e. The minimum Gasteiger partial charge on any atom is -0.497 e. The molecular weight excluding hydrogens is 323 g/mol. The van der Waals surface area contributed by atoms with Crippen LogP contribution in [0.1, 0.15) is 22.7 Å². The average molecular weight is 337 g/mol. The summed E-state index contributed by atoms with van der Waals surface area (Å²) >= 11 is 12.0. The standard InChI is InChI=1S/C16H14Cl2N2O2/c1-22-12-2-3-13-10(6-12)4-5-20(9-21)16(13)11-7-14(17)19-15(18)8-11/h2-3,6-9,16H,4-5H2,1H3. The van der Waals surface area contributed by atoms with Crippen LogP contribution in [-0.4, -0.2) is 29.9 Å². The molecule has 114 valence electrons. The first-order valence-electron chi connectivity index (χ1n) is 6.83. The van der Waals surface area contributed by atoms with Crippen molar-refractivity contribution in [3.63, 3.8) is 0 Å². The van der Waals surface area contributed by atoms with Gasteiger partial charge in [-0.05, 0) is 47.4 Å². The van der Waals surface area contributed by atoms with E-state index in [-0.39, 0.29) is 6.04 Å². The summed E-state index contributed by atoms with van der Waals surface area (Å²) in [7, 11) is 1.64. The fraction of sp³-hybridized carbons (Fsp3) is 0.250. The number of carbonyl (C=O) groups is 1. The first-order valence-corrected chi connectivity index (χ1v) is 7.59. The van der Waals surface area contributed by atoms with Gasteiger partial charge >= 0.3 is 0 Å². The maximum absolute atomic E-state index is 11.5. The van der Waals surface area contributed by atoms with Crippen molar-refractivity contribution in [3.8, 4) is 5.75 Å². The van der Waals surface area contributed by atoms with E-state index in [9.17, 15) is 4.79 Å². The predicted molar refractivity (Wildman–Crippen MR) is 85.6 cm³/mol. The van der Waals surface area contributed by atoms with E-state index in [1.807, 2.05) is 18.2 Å². The lowest BCUT2D eigenvalue weighted by molar-refractivity contribution is -0.119. The van der Waals surface area contributed by atoms with Crippen LogP contribution in [0.3, 0.4) is 0 Å². The Morgan fingerprint density at radius 2 is 2.00 bits per heavy atom. The fourth-order valence-electron chi connectivity index (χ4n) is 2.88. The lowest BCUT2D eigenvalue weighted by Gasteiger charge is -2.35. The minimum absolute atomic E-state index is 0.217. The highest BCUT2D eigenvalue weighted by Gasteiger charge is 2.28. The van der Waals surface area contributed by atoms with Gasteiger partial charge < -0.3 is 9.64 Å². The van der Waals surface area contributed by atoms with Gasteiger partial charge in [0.05, 0.1) is 13.2 Å². The largest absolute Gasteiger partial charge is 0.497 e. The number of hydrogen-bond acceptors (Lipinski definition) is 3. The van der Waals surface area contributed by atoms with Crippen LogP contribution in [-0.2, 0) is 11.2 Å². The monoisotopic (exact) mass is 336 g/mol. The molecule has 0 radical (unpaired) electrons. The van der Waals surface area contributed by atoms with E-state index in [1.54, 1.807) is 24.1 Å². The molecule has 2 aromatic rings. The van der Waals surface area contributed by atoms with E-state index >= 15 is 0 Å². The number of amides is 1. The van der Waals surface area contributed by atoms with Gasteiger partial charge in [-0.15, -0.1) is 0 Å². The molecule has 1 aromatic carbocycles. The van der Waals surface area contributed by atoms with Crippen LogP contribution in [0, 0.1) is 0 Å². The Hall–Kier alpha value is -1.78. The van der Waals surface area contributed by atoms with Crippen molar-refractivity contribution in [2.45, 2.75) is 12.5 Å². The SMILES string of the molecule is COc1ccc2c(c1)CCN(C=O)C2c1cc(Cl)nc(Cl)c1. The van der Waals surface area contributed by atoms with E-state index in [1.165, 1.54) is 0 Å². The van der Waals surface area contributed by atoms with Gasteiger partial charge in [-0.25, -0.2) is 4.98 Å². The van der Waals surface area contributed by atoms with Gasteiger partial charge in [-0.1, -0.05) is 29.3 Å². The number of ether oxygens (including phenoxy) is 1. The van der Waals surface area contributed by atoms with Gasteiger partial charge in [-0.2, -0.15) is 0 Å². The Labute approximate surface area is 138 Å². The maximum atomic E-state index is 11.5. The molecule has 2 heterocycles. The van der Waals surface area contributed by atoms with Gasteiger partial charge in [0.25, 0.3) is 0 Å². The molecule has 0 spiro atoms. The lowest BCUT2D eigenvalue weighted by Crippen LogP contribution is -2.35. The first kappa shape index (κ1) is 15.1. The zero-order valence-electron chi connectivity index (χ0n) is 11.9. The van der Waals surface area contributed by atoms with Crippen molar-refractivity contribution >= 4 is 29.6 Å². The van der Waals surface area contributed by atoms with Gasteiger partial charge in [0.1, 0.15) is 16.1 Å². The van der Waals surface area contributed by atoms with Crippen molar-refractivity contribution in [3.05, 3.63) is 57.3 Å². The molecule has 0 bridgehead atoms. The van der Waals surface area contributed by atoms with E-state index < -0.39 is 0 Å². The number of benzene rings is 1. The number of carbonyl (C=O) groups excluding carboxylic acids is 1. The summed E-state index contributed by atoms with van der Waals surface area (Å²) in [6, 6.07) is 9.16. The zero-order chi connectivity index (χ0) is 15.7. The molecule has 1 aliphatic rings. The molecule has 1 aliphatic heterocycles. The van der Waals surface area contributed by atoms with Crippen LogP contribution in [0.25, 0.3) is 0 Å². The van der Waals surface area contributed by atoms with Gasteiger partial charge in [0, 0.05) is 6.54 Å². The summed E-state index contributed by atoms with van der Waals surface area (Å²) in [5, 5.41) is 0.628. The van der Waals surface area contributed by atoms with Gasteiger partial charge in [0.2, 0.25) is 6.41 Å². The molecule has 0 fully saturated rings. The normalized spacial score (nSPS) is 17.0. The molecule has 22 heavy (non-hydrogen) atoms. The van der Waals surface area contributed by atoms with Crippen LogP contribution in [0.15, 0.2) is 30.3 Å². The fourth-order valence-corrected chi connectivity index (χ4v) is 3.35. The van der Waals surface area contributed by atoms with Crippen molar-refractivity contribution in [2.75, 3.05) is 13.7 Å². The molecule has 1 atom stereocenters. The second-order valence-corrected chi connectivity index (χ2v) is 5.88. The molecule has 0 N–H and O–H groups in total. The van der Waals surface area contributed by atoms with Crippen LogP contribution < -0.4 is 4.74 Å². The Morgan fingerprint density at radius 1 is 1.27 bits per heavy atom. The van der Waals surface area contributed by atoms with E-state index in [0.717, 1.165) is 35.3 Å². The van der Waals surface area contributed by atoms with Crippen molar-refractivity contribution in [2.24, 2.45) is 0 Å². The average Bonchev–Trinajstić information content (AvgIpc) is 2.52. The molecule has 3 rings (SSSR count). The summed E-state index contributed by atoms with van der Waals surface area (Å²) in [5.41, 5.74) is 3.06. The second-order valence-electron chi connectivity index (χ2n) is 5.11. The molecule has 0 aliphatic carbocycles. The second kappa shape index (κ2) is 6.15. The predicted octanol–water partition coefficient (Wildman–Crippen LogP) is 3.50. The number of fused-ring (bicyclic) bond motifs is 1. The third-order valence-corrected chi connectivity index (χ3v) is 4.24. The summed E-state index contributed by atoms with van der Waals surface area (Å²) in [5.74, 6) is 0.808. The Balaban J connectivity index is 2.13. The minimum atomic E-state index is -0.217. The van der Waals surface area contributed by atoms with Crippen molar-refractivity contribution in [1.82, 2.24) is 9.88 Å². The Kier molecular flexibility index (Phi) is 4.23. The molecule has 0 saturated carbocycles. The molecule has 6 heteroatoms. The number of pyridine rings is 1. The summed E-state index contributed by atoms with van der Waals surface area (Å²) in [6.45, 7) is 0.631. The molecular formula is C16H14Cl2N2O2. The van der Waals surface area contributed by atoms with Crippen LogP contribution in [0.2, 0.25) is 10.3 Å². The van der Waals surface area contributed by atoms with Crippen LogP contribution in [0.5, 0.6) is 5.75 Å². The highest BCUT2D eigenvalue weighted by molar-refractivity contribution is 6.32. The number of nitrogens with zero attached hydrogens (tertiary/aromatic N) is 2. The number of aromatic nitrogens is 1. The topological polar surface area (TPSA) is 42.4 Å². The highest BCUT2D eigenvalue weighted by atomic mass is 35.5. The molecule has 4 nitrogen and oxygen atoms in total. The first-order chi connectivity index (χ1) is 10.6. The molecule has 1 aromatic heterocycles. The van der Waals surface area contributed by atoms with Crippen molar-refractivity contribution in [1.29, 1.82) is 0 Å². The zero-order valence-corrected chi connectivity index (χ0v) is 13.4. The van der Waals surface area contributed by atoms with E-state index in [0.29, 0.717) is 16.9 Å². The third-order valence-electron chi connectivity index (χ3n) is 3.85. The lowest BCUT2D eigenvalue weighted by atomic mass is 9.89. The molecule has 1 unspecified atom stereocenters. The number of halogens is 2. The molecule has 1 amide bonds. The van der Waals surface area contributed by atoms with E-state index in [2.05, 4.69) is 4.98 Å². The van der Waals surface area contributed by atoms with Gasteiger partial charge in [-0.3, -0.25) is 4.79 Å². The quantitative estimate of drug-likeness (QED) is 0.636. The smallest absolute Gasteiger partial charge is 0.210 e.